The Morgan fingerprint density at radius 2 is 1.70 bits per heavy atom. The van der Waals surface area contributed by atoms with Gasteiger partial charge in [-0.25, -0.2) is 0 Å². The Labute approximate surface area is 139 Å². The maximum Gasteiger partial charge on any atom is 0.226 e. The fraction of sp³-hybridized carbons (Fsp3) is 0.579. The van der Waals surface area contributed by atoms with E-state index in [1.807, 2.05) is 56.9 Å². The average Bonchev–Trinajstić information content (AvgIpc) is 2.49. The molecule has 0 bridgehead atoms. The van der Waals surface area contributed by atoms with Crippen LogP contribution in [0.4, 0.5) is 0 Å². The van der Waals surface area contributed by atoms with Crippen molar-refractivity contribution in [1.29, 1.82) is 0 Å². The van der Waals surface area contributed by atoms with Crippen LogP contribution in [0.3, 0.4) is 0 Å². The fourth-order valence-corrected chi connectivity index (χ4v) is 2.67. The Hall–Kier alpha value is -1.84. The zero-order valence-corrected chi connectivity index (χ0v) is 14.7. The first-order chi connectivity index (χ1) is 10.8. The molecule has 0 aliphatic carbocycles. The van der Waals surface area contributed by atoms with Crippen molar-refractivity contribution in [3.63, 3.8) is 0 Å². The molecule has 0 unspecified atom stereocenters. The molecule has 0 saturated carbocycles. The molecule has 1 fully saturated rings. The average molecular weight is 316 g/mol. The van der Waals surface area contributed by atoms with Gasteiger partial charge >= 0.3 is 0 Å². The lowest BCUT2D eigenvalue weighted by atomic mass is 9.94. The second-order valence-electron chi connectivity index (χ2n) is 7.54. The molecule has 126 valence electrons. The third kappa shape index (κ3) is 5.08. The molecule has 2 amide bonds. The minimum Gasteiger partial charge on any atom is -0.353 e. The summed E-state index contributed by atoms with van der Waals surface area (Å²) in [5.74, 6) is 0.261. The van der Waals surface area contributed by atoms with Crippen LogP contribution in [-0.4, -0.2) is 35.8 Å². The van der Waals surface area contributed by atoms with Gasteiger partial charge in [-0.1, -0.05) is 50.6 Å². The first kappa shape index (κ1) is 17.5. The third-order valence-corrected chi connectivity index (χ3v) is 4.34. The SMILES string of the molecule is Cc1ccc(CC(=O)N2CCC(NC(=O)C(C)(C)C)CC2)cc1. The maximum atomic E-state index is 12.4. The summed E-state index contributed by atoms with van der Waals surface area (Å²) in [6.45, 7) is 9.25. The molecule has 0 radical (unpaired) electrons. The highest BCUT2D eigenvalue weighted by molar-refractivity contribution is 5.82. The van der Waals surface area contributed by atoms with E-state index in [-0.39, 0.29) is 23.3 Å². The smallest absolute Gasteiger partial charge is 0.226 e. The Bertz CT molecular complexity index is 550. The topological polar surface area (TPSA) is 49.4 Å². The minimum atomic E-state index is -0.363. The van der Waals surface area contributed by atoms with E-state index in [1.165, 1.54) is 5.56 Å². The van der Waals surface area contributed by atoms with E-state index in [0.717, 1.165) is 31.5 Å². The van der Waals surface area contributed by atoms with Gasteiger partial charge in [-0.05, 0) is 25.3 Å². The first-order valence-electron chi connectivity index (χ1n) is 8.40. The van der Waals surface area contributed by atoms with Gasteiger partial charge in [0.2, 0.25) is 11.8 Å². The zero-order valence-electron chi connectivity index (χ0n) is 14.7. The van der Waals surface area contributed by atoms with Crippen molar-refractivity contribution >= 4 is 11.8 Å². The molecule has 4 heteroatoms. The van der Waals surface area contributed by atoms with Crippen LogP contribution in [0.5, 0.6) is 0 Å². The number of piperidine rings is 1. The van der Waals surface area contributed by atoms with Gasteiger partial charge in [-0.2, -0.15) is 0 Å². The second kappa shape index (κ2) is 7.16. The van der Waals surface area contributed by atoms with Gasteiger partial charge in [-0.3, -0.25) is 9.59 Å². The molecule has 1 aromatic carbocycles. The van der Waals surface area contributed by atoms with Crippen molar-refractivity contribution in [2.24, 2.45) is 5.41 Å². The molecule has 1 aliphatic heterocycles. The fourth-order valence-electron chi connectivity index (χ4n) is 2.67. The summed E-state index contributed by atoms with van der Waals surface area (Å²) in [7, 11) is 0. The highest BCUT2D eigenvalue weighted by atomic mass is 16.2. The number of amides is 2. The number of hydrogen-bond donors (Lipinski definition) is 1. The highest BCUT2D eigenvalue weighted by Crippen LogP contribution is 2.17. The summed E-state index contributed by atoms with van der Waals surface area (Å²) in [6, 6.07) is 8.30. The van der Waals surface area contributed by atoms with E-state index in [9.17, 15) is 9.59 Å². The number of carbonyl (C=O) groups excluding carboxylic acids is 2. The lowest BCUT2D eigenvalue weighted by molar-refractivity contribution is -0.132. The van der Waals surface area contributed by atoms with Crippen molar-refractivity contribution in [2.75, 3.05) is 13.1 Å². The largest absolute Gasteiger partial charge is 0.353 e. The molecule has 1 saturated heterocycles. The second-order valence-corrected chi connectivity index (χ2v) is 7.54. The summed E-state index contributed by atoms with van der Waals surface area (Å²) < 4.78 is 0. The van der Waals surface area contributed by atoms with Crippen LogP contribution in [0.15, 0.2) is 24.3 Å². The predicted octanol–water partition coefficient (Wildman–Crippen LogP) is 2.69. The van der Waals surface area contributed by atoms with E-state index in [2.05, 4.69) is 5.32 Å². The molecular weight excluding hydrogens is 288 g/mol. The molecule has 4 nitrogen and oxygen atoms in total. The number of nitrogens with zero attached hydrogens (tertiary/aromatic N) is 1. The van der Waals surface area contributed by atoms with Gasteiger partial charge in [0, 0.05) is 24.5 Å². The molecular formula is C19H28N2O2. The molecule has 1 aromatic rings. The predicted molar refractivity (Wildman–Crippen MR) is 92.1 cm³/mol. The minimum absolute atomic E-state index is 0.0851. The summed E-state index contributed by atoms with van der Waals surface area (Å²) in [4.78, 5) is 26.3. The normalized spacial score (nSPS) is 16.3. The molecule has 1 aliphatic rings. The van der Waals surface area contributed by atoms with Crippen molar-refractivity contribution in [3.05, 3.63) is 35.4 Å². The monoisotopic (exact) mass is 316 g/mol. The zero-order chi connectivity index (χ0) is 17.0. The highest BCUT2D eigenvalue weighted by Gasteiger charge is 2.27. The van der Waals surface area contributed by atoms with Crippen LogP contribution in [0, 0.1) is 12.3 Å². The van der Waals surface area contributed by atoms with Gasteiger partial charge in [0.15, 0.2) is 0 Å². The summed E-state index contributed by atoms with van der Waals surface area (Å²) in [5, 5.41) is 3.10. The molecule has 1 heterocycles. The Morgan fingerprint density at radius 1 is 1.13 bits per heavy atom. The summed E-state index contributed by atoms with van der Waals surface area (Å²) in [6.07, 6.45) is 2.13. The van der Waals surface area contributed by atoms with Crippen LogP contribution in [0.1, 0.15) is 44.7 Å². The van der Waals surface area contributed by atoms with Gasteiger partial charge in [0.05, 0.1) is 6.42 Å². The number of benzene rings is 1. The van der Waals surface area contributed by atoms with Crippen molar-refractivity contribution < 1.29 is 9.59 Å². The lowest BCUT2D eigenvalue weighted by Crippen LogP contribution is -2.49. The summed E-state index contributed by atoms with van der Waals surface area (Å²) >= 11 is 0. The van der Waals surface area contributed by atoms with Crippen molar-refractivity contribution in [2.45, 2.75) is 53.0 Å². The molecule has 23 heavy (non-hydrogen) atoms. The molecule has 0 spiro atoms. The maximum absolute atomic E-state index is 12.4. The van der Waals surface area contributed by atoms with Crippen molar-refractivity contribution in [1.82, 2.24) is 10.2 Å². The van der Waals surface area contributed by atoms with Crippen LogP contribution >= 0.6 is 0 Å². The molecule has 2 rings (SSSR count). The number of rotatable bonds is 3. The Balaban J connectivity index is 1.81. The molecule has 0 aromatic heterocycles. The quantitative estimate of drug-likeness (QED) is 0.932. The van der Waals surface area contributed by atoms with E-state index in [1.54, 1.807) is 0 Å². The van der Waals surface area contributed by atoms with Gasteiger partial charge < -0.3 is 10.2 Å². The van der Waals surface area contributed by atoms with E-state index >= 15 is 0 Å². The molecule has 1 N–H and O–H groups in total. The van der Waals surface area contributed by atoms with Crippen LogP contribution in [0.2, 0.25) is 0 Å². The number of likely N-dealkylation sites (tertiary alicyclic amines) is 1. The first-order valence-corrected chi connectivity index (χ1v) is 8.40. The van der Waals surface area contributed by atoms with Gasteiger partial charge in [0.1, 0.15) is 0 Å². The number of hydrogen-bond acceptors (Lipinski definition) is 2. The Kier molecular flexibility index (Phi) is 5.45. The lowest BCUT2D eigenvalue weighted by Gasteiger charge is -2.33. The van der Waals surface area contributed by atoms with Crippen LogP contribution in [0.25, 0.3) is 0 Å². The Morgan fingerprint density at radius 3 is 2.22 bits per heavy atom. The number of carbonyl (C=O) groups is 2. The van der Waals surface area contributed by atoms with Crippen molar-refractivity contribution in [3.8, 4) is 0 Å². The van der Waals surface area contributed by atoms with E-state index in [4.69, 9.17) is 0 Å². The van der Waals surface area contributed by atoms with E-state index in [0.29, 0.717) is 6.42 Å². The molecule has 0 atom stereocenters. The van der Waals surface area contributed by atoms with Gasteiger partial charge in [0.25, 0.3) is 0 Å². The number of aryl methyl sites for hydroxylation is 1. The summed E-state index contributed by atoms with van der Waals surface area (Å²) in [5.41, 5.74) is 1.90. The van der Waals surface area contributed by atoms with Gasteiger partial charge in [-0.15, -0.1) is 0 Å². The number of nitrogens with one attached hydrogen (secondary N) is 1. The van der Waals surface area contributed by atoms with Crippen LogP contribution in [-0.2, 0) is 16.0 Å². The van der Waals surface area contributed by atoms with Crippen LogP contribution < -0.4 is 5.32 Å². The van der Waals surface area contributed by atoms with E-state index < -0.39 is 0 Å². The standard InChI is InChI=1S/C19H28N2O2/c1-14-5-7-15(8-6-14)13-17(22)21-11-9-16(10-12-21)20-18(23)19(2,3)4/h5-8,16H,9-13H2,1-4H3,(H,20,23). The third-order valence-electron chi connectivity index (χ3n) is 4.34.